The summed E-state index contributed by atoms with van der Waals surface area (Å²) >= 11 is 0. The molecule has 0 fully saturated rings. The molecule has 122 valence electrons. The number of carboxylic acid groups (broad SMARTS) is 1. The topological polar surface area (TPSA) is 108 Å². The molecule has 0 aromatic rings. The van der Waals surface area contributed by atoms with Gasteiger partial charge in [0.1, 0.15) is 6.04 Å². The van der Waals surface area contributed by atoms with Gasteiger partial charge in [0, 0.05) is 19.5 Å². The molecule has 0 heterocycles. The molecule has 0 aromatic heterocycles. The van der Waals surface area contributed by atoms with Gasteiger partial charge in [0.2, 0.25) is 5.91 Å². The molecule has 0 bridgehead atoms. The molecule has 21 heavy (non-hydrogen) atoms. The van der Waals surface area contributed by atoms with Crippen molar-refractivity contribution in [2.24, 2.45) is 11.8 Å². The summed E-state index contributed by atoms with van der Waals surface area (Å²) in [5.74, 6) is -0.892. The van der Waals surface area contributed by atoms with Crippen molar-refractivity contribution in [1.82, 2.24) is 16.0 Å². The third kappa shape index (κ3) is 9.70. The quantitative estimate of drug-likeness (QED) is 0.508. The molecule has 1 unspecified atom stereocenters. The Morgan fingerprint density at radius 2 is 1.71 bits per heavy atom. The van der Waals surface area contributed by atoms with E-state index in [-0.39, 0.29) is 24.8 Å². The Morgan fingerprint density at radius 1 is 1.10 bits per heavy atom. The van der Waals surface area contributed by atoms with E-state index in [1.165, 1.54) is 0 Å². The highest BCUT2D eigenvalue weighted by atomic mass is 16.4. The molecule has 0 rings (SSSR count). The minimum absolute atomic E-state index is 0.0182. The van der Waals surface area contributed by atoms with Gasteiger partial charge in [-0.1, -0.05) is 13.8 Å². The molecule has 7 nitrogen and oxygen atoms in total. The maximum atomic E-state index is 11.7. The Labute approximate surface area is 125 Å². The molecule has 0 aromatic carbocycles. The number of nitrogens with one attached hydrogen (secondary N) is 3. The van der Waals surface area contributed by atoms with Crippen LogP contribution in [0.15, 0.2) is 0 Å². The fourth-order valence-electron chi connectivity index (χ4n) is 2.03. The summed E-state index contributed by atoms with van der Waals surface area (Å²) in [5.41, 5.74) is 0. The van der Waals surface area contributed by atoms with E-state index in [0.29, 0.717) is 12.5 Å². The number of carbonyl (C=O) groups is 3. The van der Waals surface area contributed by atoms with Crippen LogP contribution in [-0.4, -0.2) is 42.1 Å². The van der Waals surface area contributed by atoms with Crippen LogP contribution in [0.1, 0.15) is 40.5 Å². The van der Waals surface area contributed by atoms with Gasteiger partial charge < -0.3 is 21.1 Å². The number of hydrogen-bond acceptors (Lipinski definition) is 3. The zero-order chi connectivity index (χ0) is 16.4. The summed E-state index contributed by atoms with van der Waals surface area (Å²) in [4.78, 5) is 34.0. The van der Waals surface area contributed by atoms with Gasteiger partial charge in [0.05, 0.1) is 0 Å². The second-order valence-corrected chi connectivity index (χ2v) is 5.56. The van der Waals surface area contributed by atoms with Gasteiger partial charge in [-0.3, -0.25) is 9.59 Å². The van der Waals surface area contributed by atoms with Crippen molar-refractivity contribution in [2.75, 3.05) is 13.1 Å². The highest BCUT2D eigenvalue weighted by Crippen LogP contribution is 2.14. The average Bonchev–Trinajstić information content (AvgIpc) is 2.34. The summed E-state index contributed by atoms with van der Waals surface area (Å²) in [6, 6.07) is -1.10. The standard InChI is InChI=1S/C14H27N3O4/c1-5-15-13(20)10(4)17-14(21)16-8-11(6-9(2)3)7-12(18)19/h9-11H,5-8H2,1-4H3,(H,15,20)(H,18,19)(H2,16,17,21)/t10?,11-/m0/s1. The van der Waals surface area contributed by atoms with Gasteiger partial charge in [-0.15, -0.1) is 0 Å². The molecule has 0 aliphatic carbocycles. The van der Waals surface area contributed by atoms with E-state index in [1.807, 2.05) is 13.8 Å². The summed E-state index contributed by atoms with van der Waals surface area (Å²) in [5, 5.41) is 16.6. The zero-order valence-corrected chi connectivity index (χ0v) is 13.2. The van der Waals surface area contributed by atoms with Crippen molar-refractivity contribution >= 4 is 17.9 Å². The molecular formula is C14H27N3O4. The van der Waals surface area contributed by atoms with Crippen LogP contribution in [0, 0.1) is 11.8 Å². The van der Waals surface area contributed by atoms with Crippen molar-refractivity contribution in [3.05, 3.63) is 0 Å². The van der Waals surface area contributed by atoms with Crippen molar-refractivity contribution in [3.8, 4) is 0 Å². The molecule has 0 spiro atoms. The van der Waals surface area contributed by atoms with E-state index in [4.69, 9.17) is 5.11 Å². The normalized spacial score (nSPS) is 13.4. The second kappa shape index (κ2) is 10.0. The largest absolute Gasteiger partial charge is 0.481 e. The van der Waals surface area contributed by atoms with E-state index in [9.17, 15) is 14.4 Å². The van der Waals surface area contributed by atoms with Crippen molar-refractivity contribution in [3.63, 3.8) is 0 Å². The Hall–Kier alpha value is -1.79. The van der Waals surface area contributed by atoms with Crippen LogP contribution in [-0.2, 0) is 9.59 Å². The predicted molar refractivity (Wildman–Crippen MR) is 79.9 cm³/mol. The SMILES string of the molecule is CCNC(=O)C(C)NC(=O)NC[C@H](CC(=O)O)CC(C)C. The lowest BCUT2D eigenvalue weighted by atomic mass is 9.94. The third-order valence-electron chi connectivity index (χ3n) is 2.91. The van der Waals surface area contributed by atoms with Crippen LogP contribution in [0.5, 0.6) is 0 Å². The lowest BCUT2D eigenvalue weighted by Crippen LogP contribution is -2.49. The van der Waals surface area contributed by atoms with E-state index in [1.54, 1.807) is 13.8 Å². The van der Waals surface area contributed by atoms with Crippen LogP contribution < -0.4 is 16.0 Å². The van der Waals surface area contributed by atoms with E-state index in [0.717, 1.165) is 6.42 Å². The smallest absolute Gasteiger partial charge is 0.315 e. The first kappa shape index (κ1) is 19.2. The molecule has 0 saturated heterocycles. The Morgan fingerprint density at radius 3 is 2.19 bits per heavy atom. The molecule has 0 radical (unpaired) electrons. The minimum atomic E-state index is -0.876. The van der Waals surface area contributed by atoms with E-state index in [2.05, 4.69) is 16.0 Å². The first-order chi connectivity index (χ1) is 9.76. The number of amides is 3. The lowest BCUT2D eigenvalue weighted by Gasteiger charge is -2.19. The molecular weight excluding hydrogens is 274 g/mol. The number of carbonyl (C=O) groups excluding carboxylic acids is 2. The summed E-state index contributed by atoms with van der Waals surface area (Å²) < 4.78 is 0. The number of urea groups is 1. The van der Waals surface area contributed by atoms with Gasteiger partial charge in [-0.2, -0.15) is 0 Å². The lowest BCUT2D eigenvalue weighted by molar-refractivity contribution is -0.138. The molecule has 0 saturated carbocycles. The predicted octanol–water partition coefficient (Wildman–Crippen LogP) is 0.947. The number of likely N-dealkylation sites (N-methyl/N-ethyl adjacent to an activating group) is 1. The van der Waals surface area contributed by atoms with Gasteiger partial charge in [0.15, 0.2) is 0 Å². The summed E-state index contributed by atoms with van der Waals surface area (Å²) in [6.07, 6.45) is 0.739. The van der Waals surface area contributed by atoms with Gasteiger partial charge in [0.25, 0.3) is 0 Å². The molecule has 0 aliphatic heterocycles. The van der Waals surface area contributed by atoms with Gasteiger partial charge in [-0.25, -0.2) is 4.79 Å². The molecule has 2 atom stereocenters. The van der Waals surface area contributed by atoms with E-state index >= 15 is 0 Å². The number of aliphatic carboxylic acids is 1. The summed E-state index contributed by atoms with van der Waals surface area (Å²) in [6.45, 7) is 8.18. The van der Waals surface area contributed by atoms with Crippen LogP contribution in [0.4, 0.5) is 4.79 Å². The molecule has 7 heteroatoms. The van der Waals surface area contributed by atoms with Crippen LogP contribution in [0.2, 0.25) is 0 Å². The monoisotopic (exact) mass is 301 g/mol. The van der Waals surface area contributed by atoms with Crippen LogP contribution in [0.3, 0.4) is 0 Å². The Bertz CT molecular complexity index is 358. The Kier molecular flexibility index (Phi) is 9.16. The number of hydrogen-bond donors (Lipinski definition) is 4. The molecule has 3 amide bonds. The highest BCUT2D eigenvalue weighted by Gasteiger charge is 2.18. The van der Waals surface area contributed by atoms with Gasteiger partial charge >= 0.3 is 12.0 Å². The fraction of sp³-hybridized carbons (Fsp3) is 0.786. The van der Waals surface area contributed by atoms with Crippen molar-refractivity contribution < 1.29 is 19.5 Å². The molecule has 0 aliphatic rings. The molecule has 4 N–H and O–H groups in total. The fourth-order valence-corrected chi connectivity index (χ4v) is 2.03. The average molecular weight is 301 g/mol. The van der Waals surface area contributed by atoms with Crippen molar-refractivity contribution in [1.29, 1.82) is 0 Å². The Balaban J connectivity index is 4.23. The van der Waals surface area contributed by atoms with Crippen LogP contribution in [0.25, 0.3) is 0 Å². The second-order valence-electron chi connectivity index (χ2n) is 5.56. The minimum Gasteiger partial charge on any atom is -0.481 e. The zero-order valence-electron chi connectivity index (χ0n) is 13.2. The van der Waals surface area contributed by atoms with E-state index < -0.39 is 18.0 Å². The number of rotatable bonds is 9. The first-order valence-corrected chi connectivity index (χ1v) is 7.30. The summed E-state index contributed by atoms with van der Waals surface area (Å²) in [7, 11) is 0. The van der Waals surface area contributed by atoms with Crippen LogP contribution >= 0.6 is 0 Å². The highest BCUT2D eigenvalue weighted by molar-refractivity contribution is 5.86. The maximum absolute atomic E-state index is 11.7. The van der Waals surface area contributed by atoms with Crippen molar-refractivity contribution in [2.45, 2.75) is 46.6 Å². The maximum Gasteiger partial charge on any atom is 0.315 e. The third-order valence-corrected chi connectivity index (χ3v) is 2.91. The number of carboxylic acids is 1. The van der Waals surface area contributed by atoms with Gasteiger partial charge in [-0.05, 0) is 32.1 Å². The first-order valence-electron chi connectivity index (χ1n) is 7.30.